The highest BCUT2D eigenvalue weighted by Crippen LogP contribution is 2.65. The van der Waals surface area contributed by atoms with Crippen LogP contribution in [0.1, 0.15) is 41.0 Å². The molecule has 2 saturated heterocycles. The standard InChI is InChI=1S/C16H30N2O2/c1-6-9-20-18-15(2,3)12-13(16(18,4)5)14(12)17-7-10-19-11-8-17/h12-14H,6-11H2,1-5H3. The van der Waals surface area contributed by atoms with E-state index in [2.05, 4.69) is 44.6 Å². The highest BCUT2D eigenvalue weighted by Gasteiger charge is 2.75. The fourth-order valence-corrected chi connectivity index (χ4v) is 4.87. The zero-order valence-corrected chi connectivity index (χ0v) is 13.7. The minimum atomic E-state index is 0.131. The van der Waals surface area contributed by atoms with E-state index >= 15 is 0 Å². The van der Waals surface area contributed by atoms with Crippen LogP contribution in [0.5, 0.6) is 0 Å². The van der Waals surface area contributed by atoms with Crippen LogP contribution in [-0.4, -0.2) is 60.0 Å². The lowest BCUT2D eigenvalue weighted by Crippen LogP contribution is -2.56. The fourth-order valence-electron chi connectivity index (χ4n) is 4.87. The number of hydrogen-bond donors (Lipinski definition) is 0. The van der Waals surface area contributed by atoms with Crippen molar-refractivity contribution in [1.82, 2.24) is 9.96 Å². The summed E-state index contributed by atoms with van der Waals surface area (Å²) in [6.45, 7) is 16.4. The van der Waals surface area contributed by atoms with Crippen molar-refractivity contribution in [3.63, 3.8) is 0 Å². The minimum absolute atomic E-state index is 0.131. The Morgan fingerprint density at radius 2 is 1.60 bits per heavy atom. The molecule has 3 fully saturated rings. The predicted molar refractivity (Wildman–Crippen MR) is 79.4 cm³/mol. The monoisotopic (exact) mass is 282 g/mol. The van der Waals surface area contributed by atoms with Gasteiger partial charge >= 0.3 is 0 Å². The van der Waals surface area contributed by atoms with Crippen molar-refractivity contribution in [1.29, 1.82) is 0 Å². The van der Waals surface area contributed by atoms with Crippen LogP contribution in [0.3, 0.4) is 0 Å². The van der Waals surface area contributed by atoms with Gasteiger partial charge < -0.3 is 4.74 Å². The average Bonchev–Trinajstić information content (AvgIpc) is 3.13. The van der Waals surface area contributed by atoms with E-state index in [-0.39, 0.29) is 11.1 Å². The van der Waals surface area contributed by atoms with E-state index in [9.17, 15) is 0 Å². The molecule has 0 radical (unpaired) electrons. The molecule has 3 rings (SSSR count). The summed E-state index contributed by atoms with van der Waals surface area (Å²) < 4.78 is 5.50. The molecule has 0 N–H and O–H groups in total. The van der Waals surface area contributed by atoms with E-state index in [1.54, 1.807) is 0 Å². The third kappa shape index (κ3) is 2.04. The first-order valence-corrected chi connectivity index (χ1v) is 8.17. The van der Waals surface area contributed by atoms with Gasteiger partial charge in [-0.05, 0) is 34.1 Å². The molecular weight excluding hydrogens is 252 g/mol. The van der Waals surface area contributed by atoms with Gasteiger partial charge in [-0.15, -0.1) is 0 Å². The number of fused-ring (bicyclic) bond motifs is 1. The zero-order chi connectivity index (χ0) is 14.5. The molecule has 2 heterocycles. The van der Waals surface area contributed by atoms with Crippen molar-refractivity contribution < 1.29 is 9.57 Å². The number of hydrogen-bond acceptors (Lipinski definition) is 4. The average molecular weight is 282 g/mol. The van der Waals surface area contributed by atoms with Crippen molar-refractivity contribution in [2.45, 2.75) is 58.2 Å². The second-order valence-electron chi connectivity index (χ2n) is 7.63. The van der Waals surface area contributed by atoms with Gasteiger partial charge in [-0.1, -0.05) is 6.92 Å². The molecule has 4 nitrogen and oxygen atoms in total. The van der Waals surface area contributed by atoms with Gasteiger partial charge in [-0.3, -0.25) is 9.74 Å². The summed E-state index contributed by atoms with van der Waals surface area (Å²) in [7, 11) is 0. The molecule has 4 heteroatoms. The quantitative estimate of drug-likeness (QED) is 0.789. The minimum Gasteiger partial charge on any atom is -0.379 e. The highest BCUT2D eigenvalue weighted by atomic mass is 16.7. The molecule has 2 unspecified atom stereocenters. The summed E-state index contributed by atoms with van der Waals surface area (Å²) in [4.78, 5) is 8.76. The molecule has 0 bridgehead atoms. The Morgan fingerprint density at radius 1 is 1.05 bits per heavy atom. The summed E-state index contributed by atoms with van der Waals surface area (Å²) in [5, 5.41) is 2.30. The second kappa shape index (κ2) is 4.94. The van der Waals surface area contributed by atoms with Crippen LogP contribution in [0.15, 0.2) is 0 Å². The van der Waals surface area contributed by atoms with Crippen LogP contribution < -0.4 is 0 Å². The maximum atomic E-state index is 6.11. The largest absolute Gasteiger partial charge is 0.379 e. The maximum Gasteiger partial charge on any atom is 0.0683 e. The molecule has 0 spiro atoms. The van der Waals surface area contributed by atoms with Crippen LogP contribution in [0.25, 0.3) is 0 Å². The molecule has 0 aromatic heterocycles. The zero-order valence-electron chi connectivity index (χ0n) is 13.7. The second-order valence-corrected chi connectivity index (χ2v) is 7.63. The molecule has 3 aliphatic rings. The van der Waals surface area contributed by atoms with E-state index < -0.39 is 0 Å². The van der Waals surface area contributed by atoms with E-state index in [0.29, 0.717) is 0 Å². The Labute approximate surface area is 123 Å². The number of ether oxygens (including phenoxy) is 1. The predicted octanol–water partition coefficient (Wildman–Crippen LogP) is 2.15. The van der Waals surface area contributed by atoms with Crippen molar-refractivity contribution in [2.75, 3.05) is 32.9 Å². The van der Waals surface area contributed by atoms with Crippen LogP contribution in [-0.2, 0) is 9.57 Å². The van der Waals surface area contributed by atoms with Gasteiger partial charge in [-0.2, -0.15) is 5.06 Å². The molecule has 2 aliphatic heterocycles. The lowest BCUT2D eigenvalue weighted by atomic mass is 9.97. The van der Waals surface area contributed by atoms with Gasteiger partial charge in [0.05, 0.1) is 19.8 Å². The summed E-state index contributed by atoms with van der Waals surface area (Å²) >= 11 is 0. The Bertz CT molecular complexity index is 341. The number of morpholine rings is 1. The van der Waals surface area contributed by atoms with Crippen molar-refractivity contribution >= 4 is 0 Å². The first-order valence-electron chi connectivity index (χ1n) is 8.17. The molecule has 0 amide bonds. The lowest BCUT2D eigenvalue weighted by Gasteiger charge is -2.45. The van der Waals surface area contributed by atoms with Crippen LogP contribution in [0.4, 0.5) is 0 Å². The summed E-state index contributed by atoms with van der Waals surface area (Å²) in [5.41, 5.74) is 0.263. The topological polar surface area (TPSA) is 24.9 Å². The summed E-state index contributed by atoms with van der Waals surface area (Å²) in [5.74, 6) is 1.46. The van der Waals surface area contributed by atoms with E-state index in [0.717, 1.165) is 57.2 Å². The molecule has 0 aromatic rings. The van der Waals surface area contributed by atoms with Crippen LogP contribution >= 0.6 is 0 Å². The Kier molecular flexibility index (Phi) is 3.65. The SMILES string of the molecule is CCCON1C(C)(C)C2C(N3CCOCC3)C2C1(C)C. The van der Waals surface area contributed by atoms with Crippen molar-refractivity contribution in [3.8, 4) is 0 Å². The van der Waals surface area contributed by atoms with Crippen LogP contribution in [0, 0.1) is 11.8 Å². The number of rotatable bonds is 4. The fraction of sp³-hybridized carbons (Fsp3) is 1.00. The van der Waals surface area contributed by atoms with E-state index in [1.807, 2.05) is 0 Å². The lowest BCUT2D eigenvalue weighted by molar-refractivity contribution is -0.256. The van der Waals surface area contributed by atoms with Crippen molar-refractivity contribution in [3.05, 3.63) is 0 Å². The first kappa shape index (κ1) is 14.8. The smallest absolute Gasteiger partial charge is 0.0683 e. The molecular formula is C16H30N2O2. The highest BCUT2D eigenvalue weighted by molar-refractivity contribution is 5.26. The van der Waals surface area contributed by atoms with Gasteiger partial charge in [0.15, 0.2) is 0 Å². The van der Waals surface area contributed by atoms with Gasteiger partial charge in [-0.25, -0.2) is 0 Å². The number of hydroxylamine groups is 2. The Balaban J connectivity index is 1.75. The maximum absolute atomic E-state index is 6.11. The number of nitrogens with zero attached hydrogens (tertiary/aromatic N) is 2. The van der Waals surface area contributed by atoms with Gasteiger partial charge in [0.2, 0.25) is 0 Å². The third-order valence-corrected chi connectivity index (χ3v) is 5.55. The van der Waals surface area contributed by atoms with E-state index in [4.69, 9.17) is 9.57 Å². The Morgan fingerprint density at radius 3 is 2.10 bits per heavy atom. The molecule has 1 aliphatic carbocycles. The van der Waals surface area contributed by atoms with Crippen molar-refractivity contribution in [2.24, 2.45) is 11.8 Å². The molecule has 20 heavy (non-hydrogen) atoms. The van der Waals surface area contributed by atoms with Gasteiger partial charge in [0.1, 0.15) is 0 Å². The molecule has 0 aromatic carbocycles. The molecule has 116 valence electrons. The van der Waals surface area contributed by atoms with Crippen LogP contribution in [0.2, 0.25) is 0 Å². The first-order chi connectivity index (χ1) is 9.42. The van der Waals surface area contributed by atoms with E-state index in [1.165, 1.54) is 0 Å². The third-order valence-electron chi connectivity index (χ3n) is 5.55. The van der Waals surface area contributed by atoms with Gasteiger partial charge in [0.25, 0.3) is 0 Å². The number of piperidine rings is 1. The molecule has 1 saturated carbocycles. The van der Waals surface area contributed by atoms with Gasteiger partial charge in [0, 0.05) is 42.0 Å². The Hall–Kier alpha value is -0.160. The summed E-state index contributed by atoms with van der Waals surface area (Å²) in [6.07, 6.45) is 1.07. The molecule has 2 atom stereocenters. The summed E-state index contributed by atoms with van der Waals surface area (Å²) in [6, 6.07) is 0.727. The normalized spacial score (nSPS) is 39.8.